The molecule has 0 atom stereocenters. The number of carbonyl (C=O) groups is 1. The summed E-state index contributed by atoms with van der Waals surface area (Å²) in [6.07, 6.45) is 8.29. The minimum Gasteiger partial charge on any atom is -0.508 e. The zero-order valence-electron chi connectivity index (χ0n) is 13.0. The molecule has 0 aliphatic carbocycles. The van der Waals surface area contributed by atoms with Gasteiger partial charge in [0, 0.05) is 5.56 Å². The van der Waals surface area contributed by atoms with Crippen molar-refractivity contribution in [3.8, 4) is 5.75 Å². The number of aliphatic hydroxyl groups excluding tert-OH is 2. The van der Waals surface area contributed by atoms with Gasteiger partial charge in [-0.05, 0) is 30.0 Å². The number of unbranched alkanes of at least 4 members (excludes halogenated alkanes) is 5. The second-order valence-electron chi connectivity index (χ2n) is 5.03. The summed E-state index contributed by atoms with van der Waals surface area (Å²) in [4.78, 5) is 8.00. The van der Waals surface area contributed by atoms with Crippen LogP contribution in [0.1, 0.15) is 62.1 Å². The maximum Gasteiger partial charge on any atom is 0.121 e. The summed E-state index contributed by atoms with van der Waals surface area (Å²) in [7, 11) is 0. The molecule has 0 unspecified atom stereocenters. The third-order valence-corrected chi connectivity index (χ3v) is 3.62. The molecule has 0 radical (unpaired) electrons. The molecular formula is C17H28O4. The van der Waals surface area contributed by atoms with Gasteiger partial charge in [-0.15, -0.1) is 0 Å². The van der Waals surface area contributed by atoms with Crippen molar-refractivity contribution < 1.29 is 20.1 Å². The van der Waals surface area contributed by atoms with Gasteiger partial charge in [0.25, 0.3) is 0 Å². The van der Waals surface area contributed by atoms with Gasteiger partial charge in [-0.25, -0.2) is 0 Å². The van der Waals surface area contributed by atoms with Gasteiger partial charge in [-0.2, -0.15) is 0 Å². The molecule has 120 valence electrons. The summed E-state index contributed by atoms with van der Waals surface area (Å²) in [6.45, 7) is 3.85. The van der Waals surface area contributed by atoms with E-state index in [-0.39, 0.29) is 19.0 Å². The highest BCUT2D eigenvalue weighted by Gasteiger charge is 2.11. The van der Waals surface area contributed by atoms with Gasteiger partial charge < -0.3 is 20.1 Å². The van der Waals surface area contributed by atoms with E-state index in [2.05, 4.69) is 6.92 Å². The van der Waals surface area contributed by atoms with Gasteiger partial charge in [0.05, 0.1) is 13.2 Å². The first kappa shape index (κ1) is 19.6. The predicted molar refractivity (Wildman–Crippen MR) is 84.2 cm³/mol. The lowest BCUT2D eigenvalue weighted by molar-refractivity contribution is -0.0979. The molecule has 0 heterocycles. The Morgan fingerprint density at radius 1 is 0.905 bits per heavy atom. The van der Waals surface area contributed by atoms with E-state index < -0.39 is 0 Å². The van der Waals surface area contributed by atoms with E-state index in [1.807, 2.05) is 12.9 Å². The molecule has 1 aromatic carbocycles. The Morgan fingerprint density at radius 3 is 2.05 bits per heavy atom. The monoisotopic (exact) mass is 296 g/mol. The Kier molecular flexibility index (Phi) is 11.5. The minimum absolute atomic E-state index is 0.0678. The summed E-state index contributed by atoms with van der Waals surface area (Å²) >= 11 is 0. The molecule has 21 heavy (non-hydrogen) atoms. The lowest BCUT2D eigenvalue weighted by atomic mass is 9.96. The van der Waals surface area contributed by atoms with Crippen molar-refractivity contribution in [2.75, 3.05) is 0 Å². The Hall–Kier alpha value is -1.39. The van der Waals surface area contributed by atoms with Crippen LogP contribution in [0.4, 0.5) is 0 Å². The number of aliphatic hydroxyl groups is 2. The second kappa shape index (κ2) is 12.4. The first-order valence-electron chi connectivity index (χ1n) is 7.57. The average Bonchev–Trinajstić information content (AvgIpc) is 2.53. The van der Waals surface area contributed by atoms with E-state index in [9.17, 15) is 15.3 Å². The molecule has 0 bridgehead atoms. The van der Waals surface area contributed by atoms with Crippen molar-refractivity contribution in [3.05, 3.63) is 28.8 Å². The molecule has 0 saturated carbocycles. The molecule has 0 amide bonds. The Morgan fingerprint density at radius 2 is 1.48 bits per heavy atom. The number of aryl methyl sites for hydroxylation is 1. The van der Waals surface area contributed by atoms with Crippen molar-refractivity contribution in [2.45, 2.75) is 65.1 Å². The number of carbonyl (C=O) groups excluding carboxylic acids is 1. The standard InChI is InChI=1S/C16H26O3.CH2O/c1-2-3-4-5-6-7-8-13-9-10-16(19)15(12-18)14(13)11-17;1-2/h9-10,17-19H,2-8,11-12H2,1H3;1H2. The van der Waals surface area contributed by atoms with Crippen LogP contribution in [0.2, 0.25) is 0 Å². The Bertz CT molecular complexity index is 391. The van der Waals surface area contributed by atoms with Crippen LogP contribution in [0.3, 0.4) is 0 Å². The molecular weight excluding hydrogens is 268 g/mol. The second-order valence-corrected chi connectivity index (χ2v) is 5.03. The maximum atomic E-state index is 9.64. The average molecular weight is 296 g/mol. The molecule has 1 aromatic rings. The van der Waals surface area contributed by atoms with Crippen molar-refractivity contribution >= 4 is 6.79 Å². The van der Waals surface area contributed by atoms with Gasteiger partial charge in [-0.1, -0.05) is 45.1 Å². The molecule has 3 N–H and O–H groups in total. The number of aromatic hydroxyl groups is 1. The summed E-state index contributed by atoms with van der Waals surface area (Å²) in [5.41, 5.74) is 2.20. The van der Waals surface area contributed by atoms with E-state index in [1.54, 1.807) is 6.07 Å². The lowest BCUT2D eigenvalue weighted by Gasteiger charge is -2.13. The first-order valence-corrected chi connectivity index (χ1v) is 7.57. The largest absolute Gasteiger partial charge is 0.508 e. The molecule has 0 spiro atoms. The summed E-state index contributed by atoms with van der Waals surface area (Å²) in [6, 6.07) is 3.46. The predicted octanol–water partition coefficient (Wildman–Crippen LogP) is 3.09. The third kappa shape index (κ3) is 6.74. The van der Waals surface area contributed by atoms with Gasteiger partial charge in [-0.3, -0.25) is 0 Å². The van der Waals surface area contributed by atoms with Gasteiger partial charge in [0.15, 0.2) is 0 Å². The van der Waals surface area contributed by atoms with E-state index in [0.717, 1.165) is 18.4 Å². The number of phenols is 1. The molecule has 4 heteroatoms. The number of hydrogen-bond acceptors (Lipinski definition) is 4. The zero-order chi connectivity index (χ0) is 16.1. The lowest BCUT2D eigenvalue weighted by Crippen LogP contribution is -2.01. The van der Waals surface area contributed by atoms with Crippen molar-refractivity contribution in [1.29, 1.82) is 0 Å². The first-order chi connectivity index (χ1) is 10.2. The fourth-order valence-corrected chi connectivity index (χ4v) is 2.43. The molecule has 0 aromatic heterocycles. The molecule has 4 nitrogen and oxygen atoms in total. The van der Waals surface area contributed by atoms with Gasteiger partial charge >= 0.3 is 0 Å². The maximum absolute atomic E-state index is 9.64. The van der Waals surface area contributed by atoms with Crippen LogP contribution >= 0.6 is 0 Å². The quantitative estimate of drug-likeness (QED) is 0.612. The Labute approximate surface area is 127 Å². The third-order valence-electron chi connectivity index (χ3n) is 3.62. The van der Waals surface area contributed by atoms with Gasteiger partial charge in [0.1, 0.15) is 12.5 Å². The van der Waals surface area contributed by atoms with E-state index in [4.69, 9.17) is 4.79 Å². The SMILES string of the molecule is C=O.CCCCCCCCc1ccc(O)c(CO)c1CO. The number of hydrogen-bond donors (Lipinski definition) is 3. The summed E-state index contributed by atoms with van der Waals surface area (Å²) in [5.74, 6) is 0.0678. The fraction of sp³-hybridized carbons (Fsp3) is 0.588. The van der Waals surface area contributed by atoms with Gasteiger partial charge in [0.2, 0.25) is 0 Å². The van der Waals surface area contributed by atoms with Crippen LogP contribution in [0, 0.1) is 0 Å². The van der Waals surface area contributed by atoms with E-state index >= 15 is 0 Å². The molecule has 0 fully saturated rings. The molecule has 0 aliphatic heterocycles. The van der Waals surface area contributed by atoms with Crippen LogP contribution in [0.5, 0.6) is 5.75 Å². The smallest absolute Gasteiger partial charge is 0.121 e. The zero-order valence-corrected chi connectivity index (χ0v) is 13.0. The summed E-state index contributed by atoms with van der Waals surface area (Å²) < 4.78 is 0. The molecule has 1 rings (SSSR count). The van der Waals surface area contributed by atoms with Crippen molar-refractivity contribution in [1.82, 2.24) is 0 Å². The highest BCUT2D eigenvalue weighted by molar-refractivity contribution is 5.43. The van der Waals surface area contributed by atoms with Crippen LogP contribution in [-0.4, -0.2) is 22.1 Å². The van der Waals surface area contributed by atoms with E-state index in [0.29, 0.717) is 11.1 Å². The Balaban J connectivity index is 0.00000191. The molecule has 0 saturated heterocycles. The van der Waals surface area contributed by atoms with Crippen LogP contribution in [0.25, 0.3) is 0 Å². The normalized spacial score (nSPS) is 10.0. The van der Waals surface area contributed by atoms with Crippen LogP contribution in [0.15, 0.2) is 12.1 Å². The number of benzene rings is 1. The van der Waals surface area contributed by atoms with Crippen LogP contribution in [-0.2, 0) is 24.4 Å². The van der Waals surface area contributed by atoms with E-state index in [1.165, 1.54) is 32.1 Å². The highest BCUT2D eigenvalue weighted by atomic mass is 16.3. The molecule has 0 aliphatic rings. The minimum atomic E-state index is -0.230. The summed E-state index contributed by atoms with van der Waals surface area (Å²) in [5, 5.41) is 28.3. The highest BCUT2D eigenvalue weighted by Crippen LogP contribution is 2.26. The fourth-order valence-electron chi connectivity index (χ4n) is 2.43. The van der Waals surface area contributed by atoms with Crippen molar-refractivity contribution in [2.24, 2.45) is 0 Å². The number of rotatable bonds is 9. The van der Waals surface area contributed by atoms with Crippen LogP contribution < -0.4 is 0 Å². The topological polar surface area (TPSA) is 77.8 Å². The van der Waals surface area contributed by atoms with Crippen molar-refractivity contribution in [3.63, 3.8) is 0 Å².